The number of rotatable bonds is 4. The predicted molar refractivity (Wildman–Crippen MR) is 114 cm³/mol. The van der Waals surface area contributed by atoms with E-state index >= 15 is 0 Å². The fourth-order valence-electron chi connectivity index (χ4n) is 2.71. The van der Waals surface area contributed by atoms with E-state index < -0.39 is 0 Å². The Kier molecular flexibility index (Phi) is 6.32. The number of halogens is 2. The molecule has 3 rings (SSSR count). The second kappa shape index (κ2) is 9.08. The normalized spacial score (nSPS) is 13.0. The van der Waals surface area contributed by atoms with Gasteiger partial charge in [-0.15, -0.1) is 0 Å². The van der Waals surface area contributed by atoms with Crippen molar-refractivity contribution < 1.29 is 4.79 Å². The number of Topliss-reactive ketones (excluding diaryl/α,β-unsaturated/α-hetero) is 1. The number of carbonyl (C=O) groups is 1. The summed E-state index contributed by atoms with van der Waals surface area (Å²) in [4.78, 5) is 14.9. The zero-order valence-corrected chi connectivity index (χ0v) is 16.5. The van der Waals surface area contributed by atoms with Crippen LogP contribution < -0.4 is 0 Å². The molecule has 0 aliphatic carbocycles. The lowest BCUT2D eigenvalue weighted by Crippen LogP contribution is -2.24. The Labute approximate surface area is 178 Å². The topological polar surface area (TPSA) is 67.9 Å². The molecule has 0 saturated carbocycles. The third-order valence-electron chi connectivity index (χ3n) is 4.11. The maximum Gasteiger partial charge on any atom is 0.209 e. The molecule has 0 atom stereocenters. The molecule has 6 heteroatoms. The molecule has 0 bridgehead atoms. The molecule has 0 fully saturated rings. The number of nitriles is 2. The first-order valence-electron chi connectivity index (χ1n) is 8.49. The van der Waals surface area contributed by atoms with E-state index in [4.69, 9.17) is 23.2 Å². The smallest absolute Gasteiger partial charge is 0.209 e. The lowest BCUT2D eigenvalue weighted by atomic mass is 10.0. The molecule has 0 saturated heterocycles. The molecule has 0 spiro atoms. The maximum absolute atomic E-state index is 13.3. The average Bonchev–Trinajstić information content (AvgIpc) is 2.75. The fraction of sp³-hybridized carbons (Fsp3) is 0. The summed E-state index contributed by atoms with van der Waals surface area (Å²) in [7, 11) is 0. The van der Waals surface area contributed by atoms with Crippen molar-refractivity contribution in [3.05, 3.63) is 111 Å². The summed E-state index contributed by atoms with van der Waals surface area (Å²) in [6, 6.07) is 17.3. The second-order valence-corrected chi connectivity index (χ2v) is 6.84. The van der Waals surface area contributed by atoms with Crippen molar-refractivity contribution >= 4 is 35.1 Å². The van der Waals surface area contributed by atoms with Gasteiger partial charge in [0, 0.05) is 21.8 Å². The first-order valence-corrected chi connectivity index (χ1v) is 9.25. The summed E-state index contributed by atoms with van der Waals surface area (Å²) in [5.41, 5.74) is 1.65. The first kappa shape index (κ1) is 20.2. The van der Waals surface area contributed by atoms with Gasteiger partial charge in [0.05, 0.1) is 11.4 Å². The highest BCUT2D eigenvalue weighted by molar-refractivity contribution is 6.31. The molecule has 0 N–H and O–H groups in total. The van der Waals surface area contributed by atoms with Crippen LogP contribution >= 0.6 is 23.2 Å². The molecule has 0 unspecified atom stereocenters. The largest absolute Gasteiger partial charge is 0.312 e. The van der Waals surface area contributed by atoms with Crippen molar-refractivity contribution in [1.29, 1.82) is 10.5 Å². The second-order valence-electron chi connectivity index (χ2n) is 5.97. The van der Waals surface area contributed by atoms with Crippen LogP contribution in [0.2, 0.25) is 10.0 Å². The van der Waals surface area contributed by atoms with E-state index in [0.29, 0.717) is 21.3 Å². The Morgan fingerprint density at radius 2 is 1.48 bits per heavy atom. The van der Waals surface area contributed by atoms with Crippen molar-refractivity contribution in [3.63, 3.8) is 0 Å². The van der Waals surface area contributed by atoms with Crippen LogP contribution in [0.4, 0.5) is 0 Å². The highest BCUT2D eigenvalue weighted by Crippen LogP contribution is 2.27. The SMILES string of the molecule is N#CC(C#N)=C1C=CC=CN1/C(=C/c1ccc(Cl)cc1)C(=O)c1ccc(Cl)cc1. The molecule has 0 amide bonds. The van der Waals surface area contributed by atoms with Gasteiger partial charge in [0.2, 0.25) is 5.78 Å². The summed E-state index contributed by atoms with van der Waals surface area (Å²) in [5.74, 6) is -0.288. The average molecular weight is 418 g/mol. The quantitative estimate of drug-likeness (QED) is 0.352. The molecular weight excluding hydrogens is 405 g/mol. The van der Waals surface area contributed by atoms with E-state index in [9.17, 15) is 15.3 Å². The summed E-state index contributed by atoms with van der Waals surface area (Å²) < 4.78 is 0. The zero-order chi connectivity index (χ0) is 20.8. The summed E-state index contributed by atoms with van der Waals surface area (Å²) in [5, 5.41) is 19.8. The Bertz CT molecular complexity index is 1130. The van der Waals surface area contributed by atoms with Gasteiger partial charge in [-0.2, -0.15) is 10.5 Å². The third kappa shape index (κ3) is 4.65. The van der Waals surface area contributed by atoms with Gasteiger partial charge in [0.25, 0.3) is 0 Å². The van der Waals surface area contributed by atoms with Crippen molar-refractivity contribution in [2.75, 3.05) is 0 Å². The first-order chi connectivity index (χ1) is 14.0. The predicted octanol–water partition coefficient (Wildman–Crippen LogP) is 5.90. The number of carbonyl (C=O) groups excluding carboxylic acids is 1. The van der Waals surface area contributed by atoms with Crippen molar-refractivity contribution in [1.82, 2.24) is 4.90 Å². The minimum Gasteiger partial charge on any atom is -0.312 e. The molecule has 1 heterocycles. The highest BCUT2D eigenvalue weighted by Gasteiger charge is 2.23. The van der Waals surface area contributed by atoms with Gasteiger partial charge in [0.15, 0.2) is 5.57 Å². The number of hydrogen-bond donors (Lipinski definition) is 0. The number of ketones is 1. The van der Waals surface area contributed by atoms with Crippen molar-refractivity contribution in [3.8, 4) is 12.1 Å². The lowest BCUT2D eigenvalue weighted by Gasteiger charge is -2.26. The third-order valence-corrected chi connectivity index (χ3v) is 4.62. The van der Waals surface area contributed by atoms with Gasteiger partial charge < -0.3 is 4.90 Å². The van der Waals surface area contributed by atoms with E-state index in [-0.39, 0.29) is 17.1 Å². The molecule has 0 radical (unpaired) electrons. The van der Waals surface area contributed by atoms with Gasteiger partial charge in [0.1, 0.15) is 12.1 Å². The van der Waals surface area contributed by atoms with Gasteiger partial charge in [-0.1, -0.05) is 41.4 Å². The van der Waals surface area contributed by atoms with Gasteiger partial charge >= 0.3 is 0 Å². The van der Waals surface area contributed by atoms with Crippen LogP contribution in [0.15, 0.2) is 89.9 Å². The van der Waals surface area contributed by atoms with Gasteiger partial charge in [-0.05, 0) is 60.2 Å². The van der Waals surface area contributed by atoms with E-state index in [1.54, 1.807) is 79.0 Å². The van der Waals surface area contributed by atoms with Crippen LogP contribution in [0.25, 0.3) is 6.08 Å². The standard InChI is InChI=1S/C23H13Cl2N3O/c24-19-8-4-16(5-9-19)13-22(23(29)17-6-10-20(25)11-7-17)28-12-2-1-3-21(28)18(14-26)15-27/h1-13H/b22-13+. The Morgan fingerprint density at radius 1 is 0.897 bits per heavy atom. The Balaban J connectivity index is 2.17. The molecular formula is C23H13Cl2N3O. The van der Waals surface area contributed by atoms with E-state index in [1.807, 2.05) is 12.1 Å². The van der Waals surface area contributed by atoms with E-state index in [1.165, 1.54) is 4.90 Å². The lowest BCUT2D eigenvalue weighted by molar-refractivity contribution is 0.101. The Morgan fingerprint density at radius 3 is 2.07 bits per heavy atom. The van der Waals surface area contributed by atoms with Gasteiger partial charge in [-0.25, -0.2) is 0 Å². The van der Waals surface area contributed by atoms with Crippen LogP contribution in [0.5, 0.6) is 0 Å². The monoisotopic (exact) mass is 417 g/mol. The fourth-order valence-corrected chi connectivity index (χ4v) is 2.96. The minimum absolute atomic E-state index is 0.100. The molecule has 1 aliphatic rings. The van der Waals surface area contributed by atoms with Gasteiger partial charge in [-0.3, -0.25) is 4.79 Å². The number of nitrogens with zero attached hydrogens (tertiary/aromatic N) is 3. The number of allylic oxidation sites excluding steroid dienone is 5. The highest BCUT2D eigenvalue weighted by atomic mass is 35.5. The van der Waals surface area contributed by atoms with Crippen molar-refractivity contribution in [2.45, 2.75) is 0 Å². The molecule has 0 aromatic heterocycles. The molecule has 4 nitrogen and oxygen atoms in total. The molecule has 29 heavy (non-hydrogen) atoms. The van der Waals surface area contributed by atoms with Crippen LogP contribution in [0.3, 0.4) is 0 Å². The maximum atomic E-state index is 13.3. The molecule has 1 aliphatic heterocycles. The van der Waals surface area contributed by atoms with Crippen molar-refractivity contribution in [2.24, 2.45) is 0 Å². The van der Waals surface area contributed by atoms with Crippen LogP contribution in [-0.2, 0) is 0 Å². The van der Waals surface area contributed by atoms with Crippen LogP contribution in [0, 0.1) is 22.7 Å². The zero-order valence-electron chi connectivity index (χ0n) is 15.0. The van der Waals surface area contributed by atoms with Crippen LogP contribution in [0.1, 0.15) is 15.9 Å². The van der Waals surface area contributed by atoms with E-state index in [2.05, 4.69) is 0 Å². The Hall–Kier alpha value is -3.57. The number of hydrogen-bond acceptors (Lipinski definition) is 4. The summed E-state index contributed by atoms with van der Waals surface area (Å²) in [6.45, 7) is 0. The minimum atomic E-state index is -0.288. The summed E-state index contributed by atoms with van der Waals surface area (Å²) in [6.07, 6.45) is 8.36. The number of benzene rings is 2. The molecule has 140 valence electrons. The molecule has 2 aromatic rings. The van der Waals surface area contributed by atoms with Crippen LogP contribution in [-0.4, -0.2) is 10.7 Å². The van der Waals surface area contributed by atoms with E-state index in [0.717, 1.165) is 5.56 Å². The molecule has 2 aromatic carbocycles. The summed E-state index contributed by atoms with van der Waals surface area (Å²) >= 11 is 11.9.